The normalized spacial score (nSPS) is 21.2. The second-order valence-electron chi connectivity index (χ2n) is 4.05. The first-order valence-corrected chi connectivity index (χ1v) is 5.25. The van der Waals surface area contributed by atoms with E-state index in [4.69, 9.17) is 20.8 Å². The van der Waals surface area contributed by atoms with Gasteiger partial charge in [0.1, 0.15) is 11.0 Å². The second kappa shape index (κ2) is 3.64. The number of nitrogens with zero attached hydrogens (tertiary/aromatic N) is 3. The molecule has 1 fully saturated rings. The SMILES string of the molecule is COC1(C)CN(c2nnc(C(C)Cl)o2)C1. The second-order valence-corrected chi connectivity index (χ2v) is 4.70. The molecule has 0 saturated carbocycles. The number of hydrogen-bond donors (Lipinski definition) is 0. The van der Waals surface area contributed by atoms with Crippen molar-refractivity contribution in [3.8, 4) is 0 Å². The lowest BCUT2D eigenvalue weighted by molar-refractivity contribution is -0.0191. The van der Waals surface area contributed by atoms with Crippen LogP contribution >= 0.6 is 11.6 Å². The fourth-order valence-corrected chi connectivity index (χ4v) is 1.63. The first kappa shape index (κ1) is 10.7. The van der Waals surface area contributed by atoms with Gasteiger partial charge in [0.15, 0.2) is 0 Å². The van der Waals surface area contributed by atoms with E-state index in [1.807, 2.05) is 11.8 Å². The fourth-order valence-electron chi connectivity index (χ4n) is 1.54. The lowest BCUT2D eigenvalue weighted by Gasteiger charge is -2.45. The Morgan fingerprint density at radius 2 is 2.20 bits per heavy atom. The molecule has 5 nitrogen and oxygen atoms in total. The van der Waals surface area contributed by atoms with Crippen LogP contribution in [0.3, 0.4) is 0 Å². The van der Waals surface area contributed by atoms with Crippen molar-refractivity contribution in [1.82, 2.24) is 10.2 Å². The van der Waals surface area contributed by atoms with Crippen LogP contribution in [-0.4, -0.2) is 36.0 Å². The summed E-state index contributed by atoms with van der Waals surface area (Å²) in [7, 11) is 1.71. The molecule has 2 rings (SSSR count). The average molecular weight is 232 g/mol. The van der Waals surface area contributed by atoms with E-state index < -0.39 is 0 Å². The van der Waals surface area contributed by atoms with Gasteiger partial charge in [-0.15, -0.1) is 16.7 Å². The molecule has 0 spiro atoms. The third-order valence-corrected chi connectivity index (χ3v) is 2.77. The molecule has 84 valence electrons. The van der Waals surface area contributed by atoms with Gasteiger partial charge in [-0.25, -0.2) is 0 Å². The molecular weight excluding hydrogens is 218 g/mol. The molecule has 0 radical (unpaired) electrons. The predicted octanol–water partition coefficient (Wildman–Crippen LogP) is 1.59. The molecule has 1 aliphatic rings. The van der Waals surface area contributed by atoms with Gasteiger partial charge in [0.2, 0.25) is 5.89 Å². The predicted molar refractivity (Wildman–Crippen MR) is 56.2 cm³/mol. The molecule has 0 aromatic carbocycles. The molecule has 1 aromatic heterocycles. The first-order valence-electron chi connectivity index (χ1n) is 4.82. The van der Waals surface area contributed by atoms with Crippen molar-refractivity contribution in [3.05, 3.63) is 5.89 Å². The van der Waals surface area contributed by atoms with Crippen LogP contribution in [0.15, 0.2) is 4.42 Å². The molecule has 1 atom stereocenters. The van der Waals surface area contributed by atoms with E-state index >= 15 is 0 Å². The largest absolute Gasteiger partial charge is 0.406 e. The highest BCUT2D eigenvalue weighted by molar-refractivity contribution is 6.20. The molecule has 1 aromatic rings. The van der Waals surface area contributed by atoms with Crippen molar-refractivity contribution in [2.75, 3.05) is 25.1 Å². The Balaban J connectivity index is 2.01. The highest BCUT2D eigenvalue weighted by atomic mass is 35.5. The summed E-state index contributed by atoms with van der Waals surface area (Å²) in [6, 6.07) is 0.520. The zero-order valence-electron chi connectivity index (χ0n) is 9.03. The highest BCUT2D eigenvalue weighted by Crippen LogP contribution is 2.30. The van der Waals surface area contributed by atoms with E-state index in [1.54, 1.807) is 14.0 Å². The van der Waals surface area contributed by atoms with Crippen molar-refractivity contribution < 1.29 is 9.15 Å². The summed E-state index contributed by atoms with van der Waals surface area (Å²) in [5, 5.41) is 7.54. The Labute approximate surface area is 93.4 Å². The number of halogens is 1. The summed E-state index contributed by atoms with van der Waals surface area (Å²) in [5.74, 6) is 0.456. The van der Waals surface area contributed by atoms with Crippen molar-refractivity contribution in [3.63, 3.8) is 0 Å². The van der Waals surface area contributed by atoms with E-state index in [0.29, 0.717) is 11.9 Å². The maximum Gasteiger partial charge on any atom is 0.318 e. The number of hydrogen-bond acceptors (Lipinski definition) is 5. The van der Waals surface area contributed by atoms with Crippen molar-refractivity contribution >= 4 is 17.6 Å². The van der Waals surface area contributed by atoms with Gasteiger partial charge in [0.25, 0.3) is 0 Å². The van der Waals surface area contributed by atoms with Gasteiger partial charge in [-0.05, 0) is 13.8 Å². The maximum atomic E-state index is 5.83. The van der Waals surface area contributed by atoms with Crippen LogP contribution in [0.4, 0.5) is 6.01 Å². The minimum atomic E-state index is -0.249. The van der Waals surface area contributed by atoms with E-state index in [2.05, 4.69) is 10.2 Å². The van der Waals surface area contributed by atoms with Gasteiger partial charge in [-0.3, -0.25) is 0 Å². The summed E-state index contributed by atoms with van der Waals surface area (Å²) in [4.78, 5) is 1.97. The zero-order valence-corrected chi connectivity index (χ0v) is 9.78. The summed E-state index contributed by atoms with van der Waals surface area (Å²) in [6.45, 7) is 5.38. The van der Waals surface area contributed by atoms with Crippen molar-refractivity contribution in [1.29, 1.82) is 0 Å². The molecular formula is C9H14ClN3O2. The Hall–Kier alpha value is -0.810. The number of ether oxygens (including phenoxy) is 1. The van der Waals surface area contributed by atoms with E-state index in [9.17, 15) is 0 Å². The number of alkyl halides is 1. The quantitative estimate of drug-likeness (QED) is 0.740. The Kier molecular flexibility index (Phi) is 2.60. The van der Waals surface area contributed by atoms with E-state index in [0.717, 1.165) is 13.1 Å². The third-order valence-electron chi connectivity index (χ3n) is 2.58. The van der Waals surface area contributed by atoms with Gasteiger partial charge < -0.3 is 14.1 Å². The number of aromatic nitrogens is 2. The van der Waals surface area contributed by atoms with Gasteiger partial charge in [-0.2, -0.15) is 0 Å². The number of anilines is 1. The number of methoxy groups -OCH3 is 1. The molecule has 15 heavy (non-hydrogen) atoms. The highest BCUT2D eigenvalue weighted by Gasteiger charge is 2.41. The Morgan fingerprint density at radius 1 is 1.53 bits per heavy atom. The summed E-state index contributed by atoms with van der Waals surface area (Å²) >= 11 is 5.83. The van der Waals surface area contributed by atoms with Gasteiger partial charge in [0, 0.05) is 7.11 Å². The molecule has 1 saturated heterocycles. The Bertz CT molecular complexity index is 347. The summed E-state index contributed by atoms with van der Waals surface area (Å²) in [6.07, 6.45) is 0. The topological polar surface area (TPSA) is 51.4 Å². The maximum absolute atomic E-state index is 5.83. The van der Waals surface area contributed by atoms with Gasteiger partial charge in [-0.1, -0.05) is 5.10 Å². The molecule has 1 aliphatic heterocycles. The molecule has 0 N–H and O–H groups in total. The lowest BCUT2D eigenvalue weighted by Crippen LogP contribution is -2.61. The van der Waals surface area contributed by atoms with Crippen molar-refractivity contribution in [2.45, 2.75) is 24.8 Å². The van der Waals surface area contributed by atoms with Crippen LogP contribution in [0.2, 0.25) is 0 Å². The minimum absolute atomic E-state index is 0.0960. The first-order chi connectivity index (χ1) is 7.04. The van der Waals surface area contributed by atoms with E-state index in [-0.39, 0.29) is 11.0 Å². The fraction of sp³-hybridized carbons (Fsp3) is 0.778. The minimum Gasteiger partial charge on any atom is -0.406 e. The van der Waals surface area contributed by atoms with Crippen LogP contribution in [0.5, 0.6) is 0 Å². The van der Waals surface area contributed by atoms with Crippen LogP contribution < -0.4 is 4.90 Å². The standard InChI is InChI=1S/C9H14ClN3O2/c1-6(10)7-11-12-8(15-7)13-4-9(2,5-13)14-3/h6H,4-5H2,1-3H3. The molecule has 1 unspecified atom stereocenters. The van der Waals surface area contributed by atoms with Crippen LogP contribution in [0, 0.1) is 0 Å². The number of rotatable bonds is 3. The monoisotopic (exact) mass is 231 g/mol. The molecule has 0 aliphatic carbocycles. The Morgan fingerprint density at radius 3 is 2.67 bits per heavy atom. The van der Waals surface area contributed by atoms with Crippen LogP contribution in [0.25, 0.3) is 0 Å². The van der Waals surface area contributed by atoms with Crippen LogP contribution in [0.1, 0.15) is 25.1 Å². The molecule has 6 heteroatoms. The summed E-state index contributed by atoms with van der Waals surface area (Å²) in [5.41, 5.74) is -0.0960. The van der Waals surface area contributed by atoms with Gasteiger partial charge >= 0.3 is 6.01 Å². The lowest BCUT2D eigenvalue weighted by atomic mass is 9.97. The molecule has 0 bridgehead atoms. The summed E-state index contributed by atoms with van der Waals surface area (Å²) < 4.78 is 10.7. The zero-order chi connectivity index (χ0) is 11.1. The van der Waals surface area contributed by atoms with Crippen molar-refractivity contribution in [2.24, 2.45) is 0 Å². The third kappa shape index (κ3) is 1.94. The van der Waals surface area contributed by atoms with Gasteiger partial charge in [0.05, 0.1) is 13.1 Å². The average Bonchev–Trinajstić information content (AvgIpc) is 2.61. The van der Waals surface area contributed by atoms with Crippen LogP contribution in [-0.2, 0) is 4.74 Å². The van der Waals surface area contributed by atoms with E-state index in [1.165, 1.54) is 0 Å². The molecule has 0 amide bonds. The smallest absolute Gasteiger partial charge is 0.318 e. The molecule has 2 heterocycles.